The molecule has 52 heavy (non-hydrogen) atoms. The Morgan fingerprint density at radius 1 is 0.308 bits per heavy atom. The minimum Gasteiger partial charge on any atom is -0.310 e. The van der Waals surface area contributed by atoms with Gasteiger partial charge in [-0.25, -0.2) is 0 Å². The van der Waals surface area contributed by atoms with E-state index in [1.54, 1.807) is 0 Å². The number of nitrogens with zero attached hydrogens (tertiary/aromatic N) is 2. The summed E-state index contributed by atoms with van der Waals surface area (Å²) >= 11 is 0. The first-order valence-corrected chi connectivity index (χ1v) is 17.9. The molecule has 0 amide bonds. The highest BCUT2D eigenvalue weighted by molar-refractivity contribution is 6.15. The Kier molecular flexibility index (Phi) is 7.18. The molecule has 2 heteroatoms. The molecular formula is C50H34N2. The Balaban J connectivity index is 1.11. The average Bonchev–Trinajstić information content (AvgIpc) is 3.56. The first-order valence-electron chi connectivity index (χ1n) is 17.9. The van der Waals surface area contributed by atoms with Crippen molar-refractivity contribution in [1.82, 2.24) is 4.57 Å². The predicted octanol–water partition coefficient (Wildman–Crippen LogP) is 13.9. The quantitative estimate of drug-likeness (QED) is 0.161. The summed E-state index contributed by atoms with van der Waals surface area (Å²) in [5.74, 6) is 0. The third-order valence-corrected chi connectivity index (χ3v) is 10.4. The number of benzene rings is 9. The van der Waals surface area contributed by atoms with Crippen LogP contribution in [0.3, 0.4) is 0 Å². The number of hydrogen-bond donors (Lipinski definition) is 0. The standard InChI is InChI=1S/C50H34N2/c1-2-11-35(12-3-1)36-21-23-37(24-22-36)38-27-29-41(30-28-38)51(49-20-10-14-40-26-25-39-13-4-5-15-44(39)50(40)49)42-31-33-43(34-32-42)52-47-18-8-6-16-45(47)46-17-7-9-19-48(46)52/h1-34H. The van der Waals surface area contributed by atoms with Crippen molar-refractivity contribution in [2.45, 2.75) is 0 Å². The number of fused-ring (bicyclic) bond motifs is 6. The molecule has 2 nitrogen and oxygen atoms in total. The van der Waals surface area contributed by atoms with Crippen molar-refractivity contribution in [3.05, 3.63) is 206 Å². The van der Waals surface area contributed by atoms with E-state index < -0.39 is 0 Å². The van der Waals surface area contributed by atoms with Gasteiger partial charge in [-0.3, -0.25) is 0 Å². The molecule has 0 fully saturated rings. The Morgan fingerprint density at radius 3 is 1.40 bits per heavy atom. The summed E-state index contributed by atoms with van der Waals surface area (Å²) in [6.45, 7) is 0. The Morgan fingerprint density at radius 2 is 0.769 bits per heavy atom. The maximum absolute atomic E-state index is 2.41. The van der Waals surface area contributed by atoms with Crippen LogP contribution in [0.5, 0.6) is 0 Å². The van der Waals surface area contributed by atoms with Crippen LogP contribution in [0.1, 0.15) is 0 Å². The normalized spacial score (nSPS) is 11.5. The van der Waals surface area contributed by atoms with E-state index in [4.69, 9.17) is 0 Å². The largest absolute Gasteiger partial charge is 0.310 e. The molecule has 1 aromatic heterocycles. The van der Waals surface area contributed by atoms with Crippen molar-refractivity contribution in [3.63, 3.8) is 0 Å². The lowest BCUT2D eigenvalue weighted by Gasteiger charge is -2.28. The minimum absolute atomic E-state index is 1.10. The number of rotatable bonds is 6. The maximum atomic E-state index is 2.41. The van der Waals surface area contributed by atoms with Crippen LogP contribution in [0, 0.1) is 0 Å². The molecule has 0 radical (unpaired) electrons. The van der Waals surface area contributed by atoms with Crippen molar-refractivity contribution in [2.24, 2.45) is 0 Å². The highest BCUT2D eigenvalue weighted by atomic mass is 15.1. The van der Waals surface area contributed by atoms with Crippen LogP contribution < -0.4 is 4.90 Å². The maximum Gasteiger partial charge on any atom is 0.0546 e. The predicted molar refractivity (Wildman–Crippen MR) is 221 cm³/mol. The Hall–Kier alpha value is -6.90. The van der Waals surface area contributed by atoms with Gasteiger partial charge in [-0.2, -0.15) is 0 Å². The van der Waals surface area contributed by atoms with E-state index in [9.17, 15) is 0 Å². The van der Waals surface area contributed by atoms with Crippen molar-refractivity contribution in [2.75, 3.05) is 4.90 Å². The molecule has 9 aromatic carbocycles. The van der Waals surface area contributed by atoms with Crippen LogP contribution in [0.4, 0.5) is 17.1 Å². The molecule has 0 aliphatic heterocycles. The van der Waals surface area contributed by atoms with Crippen LogP contribution in [-0.4, -0.2) is 4.57 Å². The molecule has 0 saturated carbocycles. The zero-order valence-corrected chi connectivity index (χ0v) is 28.5. The van der Waals surface area contributed by atoms with Gasteiger partial charge < -0.3 is 9.47 Å². The van der Waals surface area contributed by atoms with E-state index in [2.05, 4.69) is 216 Å². The molecule has 0 atom stereocenters. The molecule has 1 heterocycles. The van der Waals surface area contributed by atoms with Crippen LogP contribution in [0.2, 0.25) is 0 Å². The van der Waals surface area contributed by atoms with E-state index in [0.717, 1.165) is 22.7 Å². The van der Waals surface area contributed by atoms with Crippen molar-refractivity contribution in [1.29, 1.82) is 0 Å². The summed E-state index contributed by atoms with van der Waals surface area (Å²) in [5, 5.41) is 7.48. The third kappa shape index (κ3) is 5.04. The van der Waals surface area contributed by atoms with Crippen LogP contribution in [0.15, 0.2) is 206 Å². The van der Waals surface area contributed by atoms with E-state index in [1.165, 1.54) is 65.6 Å². The zero-order chi connectivity index (χ0) is 34.4. The molecule has 10 rings (SSSR count). The molecule has 0 aliphatic carbocycles. The summed E-state index contributed by atoms with van der Waals surface area (Å²) in [6, 6.07) is 74.7. The second-order valence-corrected chi connectivity index (χ2v) is 13.4. The number of para-hydroxylation sites is 2. The van der Waals surface area contributed by atoms with Gasteiger partial charge >= 0.3 is 0 Å². The van der Waals surface area contributed by atoms with E-state index in [0.29, 0.717) is 0 Å². The van der Waals surface area contributed by atoms with Crippen molar-refractivity contribution >= 4 is 60.4 Å². The molecular weight excluding hydrogens is 629 g/mol. The molecule has 0 unspecified atom stereocenters. The molecule has 0 N–H and O–H groups in total. The Labute approximate surface area is 303 Å². The summed E-state index contributed by atoms with van der Waals surface area (Å²) < 4.78 is 2.38. The van der Waals surface area contributed by atoms with E-state index in [-0.39, 0.29) is 0 Å². The fraction of sp³-hybridized carbons (Fsp3) is 0. The van der Waals surface area contributed by atoms with Crippen molar-refractivity contribution in [3.8, 4) is 27.9 Å². The lowest BCUT2D eigenvalue weighted by molar-refractivity contribution is 1.17. The summed E-state index contributed by atoms with van der Waals surface area (Å²) in [6.07, 6.45) is 0. The first-order chi connectivity index (χ1) is 25.8. The second-order valence-electron chi connectivity index (χ2n) is 13.4. The third-order valence-electron chi connectivity index (χ3n) is 10.4. The van der Waals surface area contributed by atoms with Gasteiger partial charge in [-0.1, -0.05) is 152 Å². The van der Waals surface area contributed by atoms with E-state index >= 15 is 0 Å². The first kappa shape index (κ1) is 30.0. The highest BCUT2D eigenvalue weighted by Gasteiger charge is 2.18. The smallest absolute Gasteiger partial charge is 0.0546 e. The van der Waals surface area contributed by atoms with Gasteiger partial charge in [0.2, 0.25) is 0 Å². The SMILES string of the molecule is c1ccc(-c2ccc(-c3ccc(N(c4ccc(-n5c6ccccc6c6ccccc65)cc4)c4cccc5ccc6ccccc6c45)cc3)cc2)cc1. The summed E-state index contributed by atoms with van der Waals surface area (Å²) in [7, 11) is 0. The average molecular weight is 663 g/mol. The minimum atomic E-state index is 1.10. The van der Waals surface area contributed by atoms with Gasteiger partial charge in [0.15, 0.2) is 0 Å². The van der Waals surface area contributed by atoms with E-state index in [1.807, 2.05) is 0 Å². The fourth-order valence-electron chi connectivity index (χ4n) is 7.89. The molecule has 244 valence electrons. The number of hydrogen-bond acceptors (Lipinski definition) is 1. The zero-order valence-electron chi connectivity index (χ0n) is 28.5. The van der Waals surface area contributed by atoms with Gasteiger partial charge in [0, 0.05) is 33.2 Å². The fourth-order valence-corrected chi connectivity index (χ4v) is 7.89. The lowest BCUT2D eigenvalue weighted by Crippen LogP contribution is -2.11. The number of anilines is 3. The summed E-state index contributed by atoms with van der Waals surface area (Å²) in [5.41, 5.74) is 11.8. The monoisotopic (exact) mass is 662 g/mol. The van der Waals surface area contributed by atoms with Crippen LogP contribution >= 0.6 is 0 Å². The van der Waals surface area contributed by atoms with Gasteiger partial charge in [0.05, 0.1) is 16.7 Å². The van der Waals surface area contributed by atoms with Crippen LogP contribution in [0.25, 0.3) is 71.3 Å². The molecule has 0 saturated heterocycles. The molecule has 0 bridgehead atoms. The van der Waals surface area contributed by atoms with Crippen molar-refractivity contribution < 1.29 is 0 Å². The van der Waals surface area contributed by atoms with Gasteiger partial charge in [0.25, 0.3) is 0 Å². The van der Waals surface area contributed by atoms with Gasteiger partial charge in [-0.15, -0.1) is 0 Å². The molecule has 10 aromatic rings. The van der Waals surface area contributed by atoms with Gasteiger partial charge in [0.1, 0.15) is 0 Å². The number of aromatic nitrogens is 1. The lowest BCUT2D eigenvalue weighted by atomic mass is 9.98. The second kappa shape index (κ2) is 12.5. The van der Waals surface area contributed by atoms with Gasteiger partial charge in [-0.05, 0) is 93.0 Å². The molecule has 0 aliphatic rings. The highest BCUT2D eigenvalue weighted by Crippen LogP contribution is 2.43. The Bertz CT molecular complexity index is 2810. The van der Waals surface area contributed by atoms with Crippen LogP contribution in [-0.2, 0) is 0 Å². The molecule has 0 spiro atoms. The topological polar surface area (TPSA) is 8.17 Å². The summed E-state index contributed by atoms with van der Waals surface area (Å²) in [4.78, 5) is 2.41.